The Hall–Kier alpha value is -1.95. The van der Waals surface area contributed by atoms with Crippen LogP contribution in [-0.2, 0) is 20.7 Å². The van der Waals surface area contributed by atoms with Crippen LogP contribution in [-0.4, -0.2) is 61.5 Å². The monoisotopic (exact) mass is 322 g/mol. The second-order valence-corrected chi connectivity index (χ2v) is 5.67. The Kier molecular flexibility index (Phi) is 6.52. The number of amides is 1. The van der Waals surface area contributed by atoms with E-state index in [1.807, 2.05) is 0 Å². The molecular formula is C17H23FN2O3. The number of piperazine rings is 1. The number of esters is 1. The third-order valence-corrected chi connectivity index (χ3v) is 4.11. The first-order valence-corrected chi connectivity index (χ1v) is 7.90. The van der Waals surface area contributed by atoms with Crippen molar-refractivity contribution in [3.8, 4) is 0 Å². The van der Waals surface area contributed by atoms with Gasteiger partial charge < -0.3 is 9.64 Å². The fourth-order valence-corrected chi connectivity index (χ4v) is 2.69. The van der Waals surface area contributed by atoms with Crippen molar-refractivity contribution in [2.45, 2.75) is 19.3 Å². The van der Waals surface area contributed by atoms with Crippen LogP contribution >= 0.6 is 0 Å². The molecule has 1 aromatic carbocycles. The van der Waals surface area contributed by atoms with Crippen LogP contribution in [0.5, 0.6) is 0 Å². The van der Waals surface area contributed by atoms with Crippen LogP contribution < -0.4 is 0 Å². The van der Waals surface area contributed by atoms with Crippen molar-refractivity contribution in [1.29, 1.82) is 0 Å². The molecule has 0 atom stereocenters. The lowest BCUT2D eigenvalue weighted by molar-refractivity contribution is -0.140. The van der Waals surface area contributed by atoms with E-state index < -0.39 is 0 Å². The number of benzene rings is 1. The zero-order valence-corrected chi connectivity index (χ0v) is 13.5. The van der Waals surface area contributed by atoms with Gasteiger partial charge in [0.25, 0.3) is 0 Å². The lowest BCUT2D eigenvalue weighted by atomic mass is 10.1. The molecule has 1 aliphatic heterocycles. The average molecular weight is 322 g/mol. The van der Waals surface area contributed by atoms with Gasteiger partial charge in [-0.15, -0.1) is 0 Å². The number of carbonyl (C=O) groups is 2. The molecule has 126 valence electrons. The number of rotatable bonds is 6. The Morgan fingerprint density at radius 3 is 2.52 bits per heavy atom. The molecule has 23 heavy (non-hydrogen) atoms. The zero-order valence-electron chi connectivity index (χ0n) is 13.5. The van der Waals surface area contributed by atoms with Gasteiger partial charge in [-0.05, 0) is 24.6 Å². The molecular weight excluding hydrogens is 299 g/mol. The average Bonchev–Trinajstić information content (AvgIpc) is 2.57. The summed E-state index contributed by atoms with van der Waals surface area (Å²) in [6, 6.07) is 6.39. The first-order chi connectivity index (χ1) is 11.1. The van der Waals surface area contributed by atoms with Crippen LogP contribution in [0.2, 0.25) is 0 Å². The van der Waals surface area contributed by atoms with E-state index >= 15 is 0 Å². The topological polar surface area (TPSA) is 49.9 Å². The van der Waals surface area contributed by atoms with Crippen molar-refractivity contribution >= 4 is 11.9 Å². The lowest BCUT2D eigenvalue weighted by Gasteiger charge is -2.34. The van der Waals surface area contributed by atoms with Gasteiger partial charge in [0.05, 0.1) is 13.5 Å². The molecule has 0 unspecified atom stereocenters. The predicted octanol–water partition coefficient (Wildman–Crippen LogP) is 1.47. The van der Waals surface area contributed by atoms with E-state index in [4.69, 9.17) is 0 Å². The SMILES string of the molecule is COC(=O)CCCN1CCN(C(=O)Cc2ccccc2F)CC1. The van der Waals surface area contributed by atoms with Crippen molar-refractivity contribution in [3.05, 3.63) is 35.6 Å². The van der Waals surface area contributed by atoms with Gasteiger partial charge >= 0.3 is 5.97 Å². The van der Waals surface area contributed by atoms with E-state index in [0.717, 1.165) is 26.1 Å². The Morgan fingerprint density at radius 1 is 1.17 bits per heavy atom. The molecule has 1 saturated heterocycles. The molecule has 5 nitrogen and oxygen atoms in total. The van der Waals surface area contributed by atoms with Gasteiger partial charge in [0, 0.05) is 32.6 Å². The molecule has 1 amide bonds. The Labute approximate surface area is 136 Å². The van der Waals surface area contributed by atoms with Crippen molar-refractivity contribution in [3.63, 3.8) is 0 Å². The van der Waals surface area contributed by atoms with Gasteiger partial charge in [0.1, 0.15) is 5.82 Å². The third kappa shape index (κ3) is 5.32. The largest absolute Gasteiger partial charge is 0.469 e. The van der Waals surface area contributed by atoms with E-state index in [2.05, 4.69) is 9.64 Å². The number of carbonyl (C=O) groups excluding carboxylic acids is 2. The van der Waals surface area contributed by atoms with E-state index in [1.165, 1.54) is 13.2 Å². The smallest absolute Gasteiger partial charge is 0.305 e. The van der Waals surface area contributed by atoms with Gasteiger partial charge in [-0.3, -0.25) is 14.5 Å². The fourth-order valence-electron chi connectivity index (χ4n) is 2.69. The molecule has 1 fully saturated rings. The molecule has 2 rings (SSSR count). The summed E-state index contributed by atoms with van der Waals surface area (Å²) in [4.78, 5) is 27.3. The maximum Gasteiger partial charge on any atom is 0.305 e. The summed E-state index contributed by atoms with van der Waals surface area (Å²) in [6.07, 6.45) is 1.29. The van der Waals surface area contributed by atoms with Crippen molar-refractivity contribution in [2.75, 3.05) is 39.8 Å². The standard InChI is InChI=1S/C17H23FN2O3/c1-23-17(22)7-4-8-19-9-11-20(12-10-19)16(21)13-14-5-2-3-6-15(14)18/h2-3,5-6H,4,7-13H2,1H3. The minimum Gasteiger partial charge on any atom is -0.469 e. The van der Waals surface area contributed by atoms with E-state index in [9.17, 15) is 14.0 Å². The van der Waals surface area contributed by atoms with Crippen LogP contribution in [0.25, 0.3) is 0 Å². The highest BCUT2D eigenvalue weighted by Gasteiger charge is 2.21. The Bertz CT molecular complexity index is 542. The van der Waals surface area contributed by atoms with Crippen LogP contribution in [0.3, 0.4) is 0 Å². The first-order valence-electron chi connectivity index (χ1n) is 7.90. The van der Waals surface area contributed by atoms with Gasteiger partial charge in [0.2, 0.25) is 5.91 Å². The molecule has 0 spiro atoms. The molecule has 0 bridgehead atoms. The fraction of sp³-hybridized carbons (Fsp3) is 0.529. The third-order valence-electron chi connectivity index (χ3n) is 4.11. The van der Waals surface area contributed by atoms with Crippen LogP contribution in [0.15, 0.2) is 24.3 Å². The Morgan fingerprint density at radius 2 is 1.87 bits per heavy atom. The van der Waals surface area contributed by atoms with Crippen LogP contribution in [0, 0.1) is 5.82 Å². The number of nitrogens with zero attached hydrogens (tertiary/aromatic N) is 2. The quantitative estimate of drug-likeness (QED) is 0.744. The van der Waals surface area contributed by atoms with Crippen molar-refractivity contribution in [1.82, 2.24) is 9.80 Å². The minimum absolute atomic E-state index is 0.0377. The molecule has 0 N–H and O–H groups in total. The van der Waals surface area contributed by atoms with Gasteiger partial charge in [-0.25, -0.2) is 4.39 Å². The van der Waals surface area contributed by atoms with E-state index in [-0.39, 0.29) is 24.1 Å². The summed E-state index contributed by atoms with van der Waals surface area (Å²) < 4.78 is 18.2. The minimum atomic E-state index is -0.331. The molecule has 0 radical (unpaired) electrons. The van der Waals surface area contributed by atoms with Gasteiger partial charge in [-0.1, -0.05) is 18.2 Å². The first kappa shape index (κ1) is 17.4. The van der Waals surface area contributed by atoms with Gasteiger partial charge in [-0.2, -0.15) is 0 Å². The summed E-state index contributed by atoms with van der Waals surface area (Å²) in [5.41, 5.74) is 0.443. The molecule has 6 heteroatoms. The summed E-state index contributed by atoms with van der Waals surface area (Å²) >= 11 is 0. The highest BCUT2D eigenvalue weighted by molar-refractivity contribution is 5.79. The zero-order chi connectivity index (χ0) is 16.7. The highest BCUT2D eigenvalue weighted by Crippen LogP contribution is 2.11. The number of halogens is 1. The van der Waals surface area contributed by atoms with Crippen molar-refractivity contribution < 1.29 is 18.7 Å². The second-order valence-electron chi connectivity index (χ2n) is 5.67. The molecule has 1 heterocycles. The molecule has 1 aliphatic rings. The van der Waals surface area contributed by atoms with E-state index in [0.29, 0.717) is 25.1 Å². The second kappa shape index (κ2) is 8.62. The van der Waals surface area contributed by atoms with E-state index in [1.54, 1.807) is 23.1 Å². The number of hydrogen-bond acceptors (Lipinski definition) is 4. The summed E-state index contributed by atoms with van der Waals surface area (Å²) in [6.45, 7) is 3.68. The van der Waals surface area contributed by atoms with Crippen molar-refractivity contribution in [2.24, 2.45) is 0 Å². The summed E-state index contributed by atoms with van der Waals surface area (Å²) in [7, 11) is 1.39. The number of ether oxygens (including phenoxy) is 1. The van der Waals surface area contributed by atoms with Crippen LogP contribution in [0.4, 0.5) is 4.39 Å². The maximum absolute atomic E-state index is 13.6. The lowest BCUT2D eigenvalue weighted by Crippen LogP contribution is -2.49. The highest BCUT2D eigenvalue weighted by atomic mass is 19.1. The number of methoxy groups -OCH3 is 1. The normalized spacial score (nSPS) is 15.5. The number of hydrogen-bond donors (Lipinski definition) is 0. The maximum atomic E-state index is 13.6. The molecule has 0 aliphatic carbocycles. The molecule has 0 aromatic heterocycles. The Balaban J connectivity index is 1.72. The van der Waals surface area contributed by atoms with Gasteiger partial charge in [0.15, 0.2) is 0 Å². The predicted molar refractivity (Wildman–Crippen MR) is 84.4 cm³/mol. The van der Waals surface area contributed by atoms with Crippen LogP contribution in [0.1, 0.15) is 18.4 Å². The summed E-state index contributed by atoms with van der Waals surface area (Å²) in [5, 5.41) is 0. The molecule has 1 aromatic rings. The molecule has 0 saturated carbocycles. The summed E-state index contributed by atoms with van der Waals surface area (Å²) in [5.74, 6) is -0.560.